The Hall–Kier alpha value is -1.60. The van der Waals surface area contributed by atoms with Gasteiger partial charge in [-0.1, -0.05) is 0 Å². The van der Waals surface area contributed by atoms with Crippen molar-refractivity contribution in [3.05, 3.63) is 28.9 Å². The first-order valence-electron chi connectivity index (χ1n) is 4.04. The molecule has 14 heavy (non-hydrogen) atoms. The average Bonchev–Trinajstić information content (AvgIpc) is 2.49. The summed E-state index contributed by atoms with van der Waals surface area (Å²) >= 11 is 1.41. The Labute approximate surface area is 84.4 Å². The molecule has 4 heteroatoms. The summed E-state index contributed by atoms with van der Waals surface area (Å²) in [5, 5.41) is 11.3. The Morgan fingerprint density at radius 3 is 3.00 bits per heavy atom. The molecule has 0 unspecified atom stereocenters. The zero-order chi connectivity index (χ0) is 10.1. The van der Waals surface area contributed by atoms with Crippen molar-refractivity contribution in [2.45, 2.75) is 6.42 Å². The van der Waals surface area contributed by atoms with E-state index in [1.165, 1.54) is 23.5 Å². The van der Waals surface area contributed by atoms with Crippen LogP contribution in [0.2, 0.25) is 0 Å². The lowest BCUT2D eigenvalue weighted by Crippen LogP contribution is -1.89. The van der Waals surface area contributed by atoms with E-state index in [1.54, 1.807) is 0 Å². The maximum atomic E-state index is 13.0. The summed E-state index contributed by atoms with van der Waals surface area (Å²) in [4.78, 5) is 0. The molecular weight excluding hydrogens is 199 g/mol. The SMILES string of the molecule is N#CCc1csc2cc(F)cc(N)c12. The Bertz CT molecular complexity index is 525. The number of hydrogen-bond donors (Lipinski definition) is 1. The Balaban J connectivity index is 2.74. The molecule has 0 bridgehead atoms. The molecule has 0 aliphatic rings. The smallest absolute Gasteiger partial charge is 0.126 e. The summed E-state index contributed by atoms with van der Waals surface area (Å²) in [5.74, 6) is -0.333. The van der Waals surface area contributed by atoms with Crippen molar-refractivity contribution >= 4 is 27.1 Å². The number of anilines is 1. The van der Waals surface area contributed by atoms with E-state index < -0.39 is 0 Å². The summed E-state index contributed by atoms with van der Waals surface area (Å²) < 4.78 is 13.8. The van der Waals surface area contributed by atoms with E-state index in [1.807, 2.05) is 5.38 Å². The van der Waals surface area contributed by atoms with Crippen LogP contribution in [0, 0.1) is 17.1 Å². The van der Waals surface area contributed by atoms with Crippen LogP contribution in [0.5, 0.6) is 0 Å². The van der Waals surface area contributed by atoms with Gasteiger partial charge < -0.3 is 5.73 Å². The van der Waals surface area contributed by atoms with E-state index in [9.17, 15) is 4.39 Å². The molecule has 0 fully saturated rings. The van der Waals surface area contributed by atoms with Gasteiger partial charge >= 0.3 is 0 Å². The van der Waals surface area contributed by atoms with Gasteiger partial charge in [0.2, 0.25) is 0 Å². The number of benzene rings is 1. The fourth-order valence-electron chi connectivity index (χ4n) is 1.45. The van der Waals surface area contributed by atoms with Crippen LogP contribution < -0.4 is 5.73 Å². The quantitative estimate of drug-likeness (QED) is 0.729. The highest BCUT2D eigenvalue weighted by Crippen LogP contribution is 2.31. The summed E-state index contributed by atoms with van der Waals surface area (Å²) in [6.45, 7) is 0. The van der Waals surface area contributed by atoms with Gasteiger partial charge in [-0.05, 0) is 23.1 Å². The zero-order valence-electron chi connectivity index (χ0n) is 7.25. The number of halogens is 1. The Kier molecular flexibility index (Phi) is 2.10. The van der Waals surface area contributed by atoms with Crippen LogP contribution in [0.4, 0.5) is 10.1 Å². The predicted octanol–water partition coefficient (Wildman–Crippen LogP) is 2.69. The lowest BCUT2D eigenvalue weighted by atomic mass is 10.1. The monoisotopic (exact) mass is 206 g/mol. The van der Waals surface area contributed by atoms with E-state index in [2.05, 4.69) is 6.07 Å². The molecule has 0 amide bonds. The van der Waals surface area contributed by atoms with Crippen LogP contribution >= 0.6 is 11.3 Å². The number of nitrogens with zero attached hydrogens (tertiary/aromatic N) is 1. The lowest BCUT2D eigenvalue weighted by Gasteiger charge is -1.98. The maximum absolute atomic E-state index is 13.0. The van der Waals surface area contributed by atoms with Crippen molar-refractivity contribution in [2.24, 2.45) is 0 Å². The second kappa shape index (κ2) is 3.28. The second-order valence-electron chi connectivity index (χ2n) is 2.96. The molecule has 0 aliphatic carbocycles. The first kappa shape index (κ1) is 8.97. The molecule has 2 nitrogen and oxygen atoms in total. The van der Waals surface area contributed by atoms with E-state index >= 15 is 0 Å². The molecule has 0 spiro atoms. The Morgan fingerprint density at radius 2 is 2.29 bits per heavy atom. The largest absolute Gasteiger partial charge is 0.398 e. The van der Waals surface area contributed by atoms with Crippen LogP contribution in [-0.2, 0) is 6.42 Å². The van der Waals surface area contributed by atoms with Gasteiger partial charge in [-0.15, -0.1) is 11.3 Å². The third-order valence-electron chi connectivity index (χ3n) is 2.02. The van der Waals surface area contributed by atoms with Crippen molar-refractivity contribution in [3.8, 4) is 6.07 Å². The molecule has 0 atom stereocenters. The minimum absolute atomic E-state index is 0.315. The third-order valence-corrected chi connectivity index (χ3v) is 2.99. The van der Waals surface area contributed by atoms with Crippen molar-refractivity contribution in [2.75, 3.05) is 5.73 Å². The second-order valence-corrected chi connectivity index (χ2v) is 3.88. The standard InChI is InChI=1S/C10H7FN2S/c11-7-3-8(13)10-6(1-2-12)5-14-9(10)4-7/h3-5H,1,13H2. The van der Waals surface area contributed by atoms with Gasteiger partial charge in [0.25, 0.3) is 0 Å². The van der Waals surface area contributed by atoms with Gasteiger partial charge in [0.15, 0.2) is 0 Å². The minimum Gasteiger partial charge on any atom is -0.398 e. The van der Waals surface area contributed by atoms with Crippen LogP contribution in [0.3, 0.4) is 0 Å². The summed E-state index contributed by atoms with van der Waals surface area (Å²) in [5.41, 5.74) is 6.98. The summed E-state index contributed by atoms with van der Waals surface area (Å²) in [7, 11) is 0. The van der Waals surface area contributed by atoms with E-state index in [0.717, 1.165) is 15.6 Å². The zero-order valence-corrected chi connectivity index (χ0v) is 8.07. The average molecular weight is 206 g/mol. The number of rotatable bonds is 1. The predicted molar refractivity (Wildman–Crippen MR) is 55.5 cm³/mol. The molecule has 70 valence electrons. The van der Waals surface area contributed by atoms with Crippen LogP contribution in [0.1, 0.15) is 5.56 Å². The van der Waals surface area contributed by atoms with Gasteiger partial charge in [0, 0.05) is 15.8 Å². The number of nitrogen functional groups attached to an aromatic ring is 1. The number of nitrogens with two attached hydrogens (primary N) is 1. The molecule has 1 heterocycles. The molecule has 0 aliphatic heterocycles. The number of fused-ring (bicyclic) bond motifs is 1. The maximum Gasteiger partial charge on any atom is 0.126 e. The highest BCUT2D eigenvalue weighted by molar-refractivity contribution is 7.17. The summed E-state index contributed by atoms with van der Waals surface area (Å²) in [6.07, 6.45) is 0.315. The summed E-state index contributed by atoms with van der Waals surface area (Å²) in [6, 6.07) is 4.79. The van der Waals surface area contributed by atoms with Crippen LogP contribution in [0.25, 0.3) is 10.1 Å². The lowest BCUT2D eigenvalue weighted by molar-refractivity contribution is 0.630. The molecule has 0 saturated carbocycles. The molecule has 2 N–H and O–H groups in total. The minimum atomic E-state index is -0.333. The van der Waals surface area contributed by atoms with Crippen LogP contribution in [0.15, 0.2) is 17.5 Å². The van der Waals surface area contributed by atoms with E-state index in [-0.39, 0.29) is 5.82 Å². The normalized spacial score (nSPS) is 10.3. The third kappa shape index (κ3) is 1.32. The van der Waals surface area contributed by atoms with Crippen molar-refractivity contribution in [1.29, 1.82) is 5.26 Å². The van der Waals surface area contributed by atoms with Crippen molar-refractivity contribution in [3.63, 3.8) is 0 Å². The van der Waals surface area contributed by atoms with Crippen molar-refractivity contribution < 1.29 is 4.39 Å². The molecule has 0 radical (unpaired) electrons. The van der Waals surface area contributed by atoms with E-state index in [0.29, 0.717) is 12.1 Å². The fourth-order valence-corrected chi connectivity index (χ4v) is 2.47. The fraction of sp³-hybridized carbons (Fsp3) is 0.100. The van der Waals surface area contributed by atoms with E-state index in [4.69, 9.17) is 11.0 Å². The highest BCUT2D eigenvalue weighted by Gasteiger charge is 2.08. The number of nitriles is 1. The number of hydrogen-bond acceptors (Lipinski definition) is 3. The van der Waals surface area contributed by atoms with Gasteiger partial charge in [-0.25, -0.2) is 4.39 Å². The molecule has 2 rings (SSSR count). The first-order valence-corrected chi connectivity index (χ1v) is 4.92. The van der Waals surface area contributed by atoms with Crippen molar-refractivity contribution in [1.82, 2.24) is 0 Å². The molecule has 2 aromatic rings. The number of thiophene rings is 1. The van der Waals surface area contributed by atoms with Gasteiger partial charge in [0.1, 0.15) is 5.82 Å². The van der Waals surface area contributed by atoms with Crippen LogP contribution in [-0.4, -0.2) is 0 Å². The topological polar surface area (TPSA) is 49.8 Å². The van der Waals surface area contributed by atoms with Gasteiger partial charge in [0.05, 0.1) is 12.5 Å². The Morgan fingerprint density at radius 1 is 1.50 bits per heavy atom. The first-order chi connectivity index (χ1) is 6.72. The molecular formula is C10H7FN2S. The van der Waals surface area contributed by atoms with Gasteiger partial charge in [-0.2, -0.15) is 5.26 Å². The molecule has 1 aromatic heterocycles. The van der Waals surface area contributed by atoms with Gasteiger partial charge in [-0.3, -0.25) is 0 Å². The molecule has 0 saturated heterocycles. The highest BCUT2D eigenvalue weighted by atomic mass is 32.1. The molecule has 1 aromatic carbocycles.